The first kappa shape index (κ1) is 20.8. The Morgan fingerprint density at radius 2 is 1.86 bits per heavy atom. The van der Waals surface area contributed by atoms with Crippen molar-refractivity contribution in [2.45, 2.75) is 6.92 Å². The third-order valence-corrected chi connectivity index (χ3v) is 4.49. The second-order valence-corrected chi connectivity index (χ2v) is 6.48. The molecule has 1 aliphatic rings. The summed E-state index contributed by atoms with van der Waals surface area (Å²) >= 11 is 0. The van der Waals surface area contributed by atoms with E-state index in [1.54, 1.807) is 47.4 Å². The van der Waals surface area contributed by atoms with Crippen molar-refractivity contribution in [1.29, 1.82) is 0 Å². The van der Waals surface area contributed by atoms with Crippen molar-refractivity contribution < 1.29 is 23.8 Å². The molecule has 0 radical (unpaired) electrons. The van der Waals surface area contributed by atoms with Gasteiger partial charge in [0.2, 0.25) is 0 Å². The average molecular weight is 398 g/mol. The van der Waals surface area contributed by atoms with Gasteiger partial charge in [-0.3, -0.25) is 9.59 Å². The molecule has 0 unspecified atom stereocenters. The first-order chi connectivity index (χ1) is 14.2. The van der Waals surface area contributed by atoms with Gasteiger partial charge in [-0.2, -0.15) is 0 Å². The van der Waals surface area contributed by atoms with Gasteiger partial charge >= 0.3 is 0 Å². The maximum atomic E-state index is 12.8. The molecule has 0 saturated carbocycles. The fourth-order valence-electron chi connectivity index (χ4n) is 3.01. The zero-order valence-corrected chi connectivity index (χ0v) is 16.6. The van der Waals surface area contributed by atoms with Crippen molar-refractivity contribution in [3.63, 3.8) is 0 Å². The Kier molecular flexibility index (Phi) is 7.61. The third kappa shape index (κ3) is 5.79. The number of carbonyl (C=O) groups excluding carboxylic acids is 2. The van der Waals surface area contributed by atoms with E-state index in [-0.39, 0.29) is 11.8 Å². The Balaban J connectivity index is 1.67. The van der Waals surface area contributed by atoms with Crippen LogP contribution in [0.4, 0.5) is 5.69 Å². The van der Waals surface area contributed by atoms with E-state index in [0.29, 0.717) is 68.7 Å². The molecule has 0 bridgehead atoms. The summed E-state index contributed by atoms with van der Waals surface area (Å²) in [5.74, 6) is 0.127. The highest BCUT2D eigenvalue weighted by Crippen LogP contribution is 2.21. The van der Waals surface area contributed by atoms with E-state index >= 15 is 0 Å². The van der Waals surface area contributed by atoms with Gasteiger partial charge in [0.15, 0.2) is 0 Å². The van der Waals surface area contributed by atoms with Crippen LogP contribution in [0.3, 0.4) is 0 Å². The molecule has 1 heterocycles. The standard InChI is InChI=1S/C22H26N2O5/c1-2-27-14-15-29-20-9-4-3-8-19(20)21(25)23-18-7-5-6-17(16-18)22(26)24-10-12-28-13-11-24/h3-9,16H,2,10-15H2,1H3,(H,23,25). The molecule has 0 aliphatic carbocycles. The van der Waals surface area contributed by atoms with Gasteiger partial charge in [-0.05, 0) is 37.3 Å². The monoisotopic (exact) mass is 398 g/mol. The van der Waals surface area contributed by atoms with Gasteiger partial charge in [-0.1, -0.05) is 18.2 Å². The SMILES string of the molecule is CCOCCOc1ccccc1C(=O)Nc1cccc(C(=O)N2CCOCC2)c1. The summed E-state index contributed by atoms with van der Waals surface area (Å²) in [6, 6.07) is 14.0. The minimum absolute atomic E-state index is 0.0657. The summed E-state index contributed by atoms with van der Waals surface area (Å²) in [6.45, 7) is 5.58. The molecule has 0 aromatic heterocycles. The summed E-state index contributed by atoms with van der Waals surface area (Å²) in [5, 5.41) is 2.85. The van der Waals surface area contributed by atoms with Crippen molar-refractivity contribution in [3.8, 4) is 5.75 Å². The molecule has 7 heteroatoms. The van der Waals surface area contributed by atoms with E-state index in [2.05, 4.69) is 5.32 Å². The highest BCUT2D eigenvalue weighted by atomic mass is 16.5. The minimum Gasteiger partial charge on any atom is -0.490 e. The first-order valence-electron chi connectivity index (χ1n) is 9.77. The molecule has 1 aliphatic heterocycles. The van der Waals surface area contributed by atoms with Crippen LogP contribution in [-0.2, 0) is 9.47 Å². The van der Waals surface area contributed by atoms with Crippen molar-refractivity contribution >= 4 is 17.5 Å². The minimum atomic E-state index is -0.298. The molecule has 0 atom stereocenters. The van der Waals surface area contributed by atoms with Crippen molar-refractivity contribution in [2.75, 3.05) is 51.4 Å². The molecular weight excluding hydrogens is 372 g/mol. The molecule has 29 heavy (non-hydrogen) atoms. The molecule has 154 valence electrons. The van der Waals surface area contributed by atoms with Gasteiger partial charge in [0, 0.05) is 30.9 Å². The summed E-state index contributed by atoms with van der Waals surface area (Å²) < 4.78 is 16.2. The number of benzene rings is 2. The molecule has 2 amide bonds. The highest BCUT2D eigenvalue weighted by molar-refractivity contribution is 6.06. The van der Waals surface area contributed by atoms with Crippen LogP contribution in [0, 0.1) is 0 Å². The number of rotatable bonds is 8. The maximum absolute atomic E-state index is 12.8. The zero-order valence-electron chi connectivity index (χ0n) is 16.6. The molecule has 1 fully saturated rings. The Bertz CT molecular complexity index is 833. The van der Waals surface area contributed by atoms with E-state index in [0.717, 1.165) is 0 Å². The Morgan fingerprint density at radius 3 is 2.66 bits per heavy atom. The fourth-order valence-corrected chi connectivity index (χ4v) is 3.01. The number of hydrogen-bond donors (Lipinski definition) is 1. The summed E-state index contributed by atoms with van der Waals surface area (Å²) in [6.07, 6.45) is 0. The lowest BCUT2D eigenvalue weighted by Crippen LogP contribution is -2.40. The smallest absolute Gasteiger partial charge is 0.259 e. The quantitative estimate of drug-likeness (QED) is 0.692. The maximum Gasteiger partial charge on any atom is 0.259 e. The summed E-state index contributed by atoms with van der Waals surface area (Å²) in [5.41, 5.74) is 1.51. The molecular formula is C22H26N2O5. The number of anilines is 1. The molecule has 2 aromatic carbocycles. The van der Waals surface area contributed by atoms with Gasteiger partial charge in [0.25, 0.3) is 11.8 Å². The number of nitrogens with one attached hydrogen (secondary N) is 1. The second-order valence-electron chi connectivity index (χ2n) is 6.48. The number of nitrogens with zero attached hydrogens (tertiary/aromatic N) is 1. The third-order valence-electron chi connectivity index (χ3n) is 4.49. The lowest BCUT2D eigenvalue weighted by Gasteiger charge is -2.27. The van der Waals surface area contributed by atoms with Crippen molar-refractivity contribution in [2.24, 2.45) is 0 Å². The van der Waals surface area contributed by atoms with Crippen LogP contribution >= 0.6 is 0 Å². The largest absolute Gasteiger partial charge is 0.490 e. The lowest BCUT2D eigenvalue weighted by atomic mass is 10.1. The van der Waals surface area contributed by atoms with Crippen LogP contribution in [0.15, 0.2) is 48.5 Å². The molecule has 7 nitrogen and oxygen atoms in total. The number of carbonyl (C=O) groups is 2. The Hall–Kier alpha value is -2.90. The van der Waals surface area contributed by atoms with Crippen molar-refractivity contribution in [1.82, 2.24) is 4.90 Å². The fraction of sp³-hybridized carbons (Fsp3) is 0.364. The van der Waals surface area contributed by atoms with Crippen molar-refractivity contribution in [3.05, 3.63) is 59.7 Å². The van der Waals surface area contributed by atoms with Crippen LogP contribution in [0.5, 0.6) is 5.75 Å². The highest BCUT2D eigenvalue weighted by Gasteiger charge is 2.19. The van der Waals surface area contributed by atoms with E-state index < -0.39 is 0 Å². The normalized spacial score (nSPS) is 13.8. The van der Waals surface area contributed by atoms with Gasteiger partial charge in [0.1, 0.15) is 12.4 Å². The van der Waals surface area contributed by atoms with E-state index in [4.69, 9.17) is 14.2 Å². The van der Waals surface area contributed by atoms with Crippen LogP contribution in [0.25, 0.3) is 0 Å². The van der Waals surface area contributed by atoms with Crippen LogP contribution < -0.4 is 10.1 Å². The molecule has 2 aromatic rings. The molecule has 0 spiro atoms. The molecule has 3 rings (SSSR count). The Labute approximate surface area is 170 Å². The van der Waals surface area contributed by atoms with Crippen LogP contribution in [0.1, 0.15) is 27.6 Å². The predicted molar refractivity (Wildman–Crippen MR) is 110 cm³/mol. The molecule has 1 saturated heterocycles. The Morgan fingerprint density at radius 1 is 1.07 bits per heavy atom. The van der Waals surface area contributed by atoms with E-state index in [9.17, 15) is 9.59 Å². The van der Waals surface area contributed by atoms with Gasteiger partial charge in [-0.15, -0.1) is 0 Å². The summed E-state index contributed by atoms with van der Waals surface area (Å²) in [7, 11) is 0. The molecule has 1 N–H and O–H groups in total. The van der Waals surface area contributed by atoms with Gasteiger partial charge in [0.05, 0.1) is 25.4 Å². The zero-order chi connectivity index (χ0) is 20.5. The van der Waals surface area contributed by atoms with Crippen LogP contribution in [-0.4, -0.2) is 62.8 Å². The number of ether oxygens (including phenoxy) is 3. The van der Waals surface area contributed by atoms with Crippen LogP contribution in [0.2, 0.25) is 0 Å². The second kappa shape index (κ2) is 10.6. The summed E-state index contributed by atoms with van der Waals surface area (Å²) in [4.78, 5) is 27.2. The number of para-hydroxylation sites is 1. The number of hydrogen-bond acceptors (Lipinski definition) is 5. The first-order valence-corrected chi connectivity index (χ1v) is 9.77. The van der Waals surface area contributed by atoms with E-state index in [1.165, 1.54) is 0 Å². The number of amides is 2. The van der Waals surface area contributed by atoms with Gasteiger partial charge < -0.3 is 24.4 Å². The van der Waals surface area contributed by atoms with E-state index in [1.807, 2.05) is 13.0 Å². The number of morpholine rings is 1. The average Bonchev–Trinajstić information content (AvgIpc) is 2.77. The van der Waals surface area contributed by atoms with Gasteiger partial charge in [-0.25, -0.2) is 0 Å². The lowest BCUT2D eigenvalue weighted by molar-refractivity contribution is 0.0303. The topological polar surface area (TPSA) is 77.1 Å². The predicted octanol–water partition coefficient (Wildman–Crippen LogP) is 2.83.